The van der Waals surface area contributed by atoms with E-state index < -0.39 is 6.10 Å². The highest BCUT2D eigenvalue weighted by molar-refractivity contribution is 9.10. The lowest BCUT2D eigenvalue weighted by atomic mass is 10.0. The molecule has 1 aliphatic heterocycles. The fourth-order valence-electron chi connectivity index (χ4n) is 2.12. The van der Waals surface area contributed by atoms with Crippen LogP contribution < -0.4 is 14.2 Å². The zero-order valence-corrected chi connectivity index (χ0v) is 12.4. The molecule has 0 bridgehead atoms. The summed E-state index contributed by atoms with van der Waals surface area (Å²) in [4.78, 5) is 0. The van der Waals surface area contributed by atoms with E-state index >= 15 is 0 Å². The van der Waals surface area contributed by atoms with Crippen LogP contribution in [0.2, 0.25) is 0 Å². The summed E-state index contributed by atoms with van der Waals surface area (Å²) in [5.41, 5.74) is 1.48. The molecule has 0 radical (unpaired) electrons. The van der Waals surface area contributed by atoms with Crippen LogP contribution in [0.3, 0.4) is 0 Å². The van der Waals surface area contributed by atoms with Gasteiger partial charge in [-0.2, -0.15) is 0 Å². The lowest BCUT2D eigenvalue weighted by Gasteiger charge is -2.15. The highest BCUT2D eigenvalue weighted by Crippen LogP contribution is 2.37. The molecule has 0 spiro atoms. The smallest absolute Gasteiger partial charge is 0.231 e. The first kappa shape index (κ1) is 13.3. The molecule has 1 unspecified atom stereocenters. The number of hydrogen-bond donors (Lipinski definition) is 1. The molecule has 104 valence electrons. The van der Waals surface area contributed by atoms with Gasteiger partial charge in [-0.25, -0.2) is 0 Å². The molecule has 1 atom stereocenters. The van der Waals surface area contributed by atoms with Crippen LogP contribution in [0.25, 0.3) is 0 Å². The number of hydrogen-bond acceptors (Lipinski definition) is 4. The summed E-state index contributed by atoms with van der Waals surface area (Å²) in [6.45, 7) is 0.220. The molecule has 20 heavy (non-hydrogen) atoms. The van der Waals surface area contributed by atoms with Crippen LogP contribution in [0.15, 0.2) is 40.9 Å². The van der Waals surface area contributed by atoms with Gasteiger partial charge in [-0.05, 0) is 35.9 Å². The maximum atomic E-state index is 10.5. The first-order valence-corrected chi connectivity index (χ1v) is 6.89. The molecular formula is C15H13BrO4. The maximum Gasteiger partial charge on any atom is 0.231 e. The van der Waals surface area contributed by atoms with E-state index in [1.54, 1.807) is 25.3 Å². The molecule has 0 fully saturated rings. The Kier molecular flexibility index (Phi) is 3.54. The van der Waals surface area contributed by atoms with Crippen LogP contribution in [0.1, 0.15) is 17.2 Å². The average molecular weight is 337 g/mol. The molecule has 0 aromatic heterocycles. The van der Waals surface area contributed by atoms with Crippen LogP contribution >= 0.6 is 15.9 Å². The van der Waals surface area contributed by atoms with Crippen molar-refractivity contribution in [1.82, 2.24) is 0 Å². The van der Waals surface area contributed by atoms with Crippen LogP contribution in [-0.4, -0.2) is 19.0 Å². The molecule has 2 aromatic rings. The van der Waals surface area contributed by atoms with Gasteiger partial charge in [0.15, 0.2) is 11.5 Å². The fourth-order valence-corrected chi connectivity index (χ4v) is 2.58. The van der Waals surface area contributed by atoms with Gasteiger partial charge in [-0.1, -0.05) is 22.0 Å². The number of rotatable bonds is 3. The normalized spacial score (nSPS) is 14.2. The number of halogens is 1. The van der Waals surface area contributed by atoms with Crippen molar-refractivity contribution < 1.29 is 19.3 Å². The highest BCUT2D eigenvalue weighted by atomic mass is 79.9. The van der Waals surface area contributed by atoms with Gasteiger partial charge in [0.2, 0.25) is 6.79 Å². The van der Waals surface area contributed by atoms with Crippen molar-refractivity contribution >= 4 is 15.9 Å². The Morgan fingerprint density at radius 3 is 2.75 bits per heavy atom. The van der Waals surface area contributed by atoms with E-state index in [-0.39, 0.29) is 6.79 Å². The summed E-state index contributed by atoms with van der Waals surface area (Å²) >= 11 is 3.45. The molecule has 0 amide bonds. The van der Waals surface area contributed by atoms with Crippen molar-refractivity contribution in [3.05, 3.63) is 52.0 Å². The van der Waals surface area contributed by atoms with Gasteiger partial charge in [0.05, 0.1) is 7.11 Å². The monoisotopic (exact) mass is 336 g/mol. The van der Waals surface area contributed by atoms with Crippen LogP contribution in [0.5, 0.6) is 17.2 Å². The largest absolute Gasteiger partial charge is 0.497 e. The van der Waals surface area contributed by atoms with E-state index in [0.717, 1.165) is 15.6 Å². The van der Waals surface area contributed by atoms with Gasteiger partial charge >= 0.3 is 0 Å². The third-order valence-corrected chi connectivity index (χ3v) is 3.93. The Hall–Kier alpha value is -1.72. The van der Waals surface area contributed by atoms with Crippen molar-refractivity contribution in [3.8, 4) is 17.2 Å². The second-order valence-electron chi connectivity index (χ2n) is 4.40. The average Bonchev–Trinajstić information content (AvgIpc) is 2.94. The van der Waals surface area contributed by atoms with Crippen molar-refractivity contribution in [3.63, 3.8) is 0 Å². The molecule has 0 saturated heterocycles. The van der Waals surface area contributed by atoms with E-state index in [1.165, 1.54) is 0 Å². The van der Waals surface area contributed by atoms with Crippen LogP contribution in [-0.2, 0) is 0 Å². The predicted molar refractivity (Wildman–Crippen MR) is 77.3 cm³/mol. The van der Waals surface area contributed by atoms with E-state index in [2.05, 4.69) is 15.9 Å². The minimum absolute atomic E-state index is 0.220. The molecule has 1 heterocycles. The standard InChI is InChI=1S/C15H13BrO4/c1-18-10-3-4-12(16)11(7-10)15(17)9-2-5-13-14(6-9)20-8-19-13/h2-7,15,17H,8H2,1H3. The summed E-state index contributed by atoms with van der Waals surface area (Å²) < 4.78 is 16.6. The molecule has 2 aromatic carbocycles. The molecule has 1 N–H and O–H groups in total. The van der Waals surface area contributed by atoms with Crippen molar-refractivity contribution in [2.75, 3.05) is 13.9 Å². The van der Waals surface area contributed by atoms with Crippen molar-refractivity contribution in [1.29, 1.82) is 0 Å². The highest BCUT2D eigenvalue weighted by Gasteiger charge is 2.19. The quantitative estimate of drug-likeness (QED) is 0.934. The first-order chi connectivity index (χ1) is 9.69. The Balaban J connectivity index is 1.98. The minimum Gasteiger partial charge on any atom is -0.497 e. The summed E-state index contributed by atoms with van der Waals surface area (Å²) in [5, 5.41) is 10.5. The number of ether oxygens (including phenoxy) is 3. The Morgan fingerprint density at radius 1 is 1.15 bits per heavy atom. The number of methoxy groups -OCH3 is 1. The third-order valence-electron chi connectivity index (χ3n) is 3.21. The zero-order chi connectivity index (χ0) is 14.1. The maximum absolute atomic E-state index is 10.5. The van der Waals surface area contributed by atoms with Gasteiger partial charge in [0.25, 0.3) is 0 Å². The van der Waals surface area contributed by atoms with Gasteiger partial charge in [0, 0.05) is 10.0 Å². The number of aliphatic hydroxyl groups excluding tert-OH is 1. The summed E-state index contributed by atoms with van der Waals surface area (Å²) in [5.74, 6) is 2.05. The molecular weight excluding hydrogens is 324 g/mol. The lowest BCUT2D eigenvalue weighted by Crippen LogP contribution is -2.01. The predicted octanol–water partition coefficient (Wildman–Crippen LogP) is 3.27. The molecule has 3 rings (SSSR count). The van der Waals surface area contributed by atoms with Crippen LogP contribution in [0, 0.1) is 0 Å². The van der Waals surface area contributed by atoms with Gasteiger partial charge in [-0.3, -0.25) is 0 Å². The number of aliphatic hydroxyl groups is 1. The van der Waals surface area contributed by atoms with E-state index in [9.17, 15) is 5.11 Å². The Morgan fingerprint density at radius 2 is 1.95 bits per heavy atom. The number of fused-ring (bicyclic) bond motifs is 1. The molecule has 0 saturated carbocycles. The van der Waals surface area contributed by atoms with Crippen molar-refractivity contribution in [2.45, 2.75) is 6.10 Å². The Bertz CT molecular complexity index is 642. The molecule has 5 heteroatoms. The summed E-state index contributed by atoms with van der Waals surface area (Å²) in [6, 6.07) is 10.9. The number of benzene rings is 2. The topological polar surface area (TPSA) is 47.9 Å². The summed E-state index contributed by atoms with van der Waals surface area (Å²) in [7, 11) is 1.60. The Labute approximate surface area is 125 Å². The second-order valence-corrected chi connectivity index (χ2v) is 5.26. The first-order valence-electron chi connectivity index (χ1n) is 6.10. The van der Waals surface area contributed by atoms with Gasteiger partial charge in [0.1, 0.15) is 11.9 Å². The summed E-state index contributed by atoms with van der Waals surface area (Å²) in [6.07, 6.45) is -0.769. The van der Waals surface area contributed by atoms with Crippen LogP contribution in [0.4, 0.5) is 0 Å². The lowest BCUT2D eigenvalue weighted by molar-refractivity contribution is 0.173. The van der Waals surface area contributed by atoms with Gasteiger partial charge < -0.3 is 19.3 Å². The van der Waals surface area contributed by atoms with E-state index in [1.807, 2.05) is 18.2 Å². The third kappa shape index (κ3) is 2.34. The molecule has 1 aliphatic rings. The van der Waals surface area contributed by atoms with E-state index in [0.29, 0.717) is 17.2 Å². The zero-order valence-electron chi connectivity index (χ0n) is 10.8. The minimum atomic E-state index is -0.769. The molecule has 4 nitrogen and oxygen atoms in total. The van der Waals surface area contributed by atoms with Crippen molar-refractivity contribution in [2.24, 2.45) is 0 Å². The SMILES string of the molecule is COc1ccc(Br)c(C(O)c2ccc3c(c2)OCO3)c1. The van der Waals surface area contributed by atoms with E-state index in [4.69, 9.17) is 14.2 Å². The second kappa shape index (κ2) is 5.34. The van der Waals surface area contributed by atoms with Gasteiger partial charge in [-0.15, -0.1) is 0 Å². The molecule has 0 aliphatic carbocycles. The fraction of sp³-hybridized carbons (Fsp3) is 0.200.